The number of hydrogen-bond acceptors (Lipinski definition) is 4. The van der Waals surface area contributed by atoms with Crippen LogP contribution in [0.5, 0.6) is 0 Å². The summed E-state index contributed by atoms with van der Waals surface area (Å²) in [5, 5.41) is 5.17. The molecule has 1 aliphatic heterocycles. The molecular formula is C16H25ClN6. The van der Waals surface area contributed by atoms with E-state index in [0.717, 1.165) is 61.5 Å². The van der Waals surface area contributed by atoms with Crippen molar-refractivity contribution in [2.45, 2.75) is 26.4 Å². The summed E-state index contributed by atoms with van der Waals surface area (Å²) in [7, 11) is 3.95. The van der Waals surface area contributed by atoms with Crippen molar-refractivity contribution in [3.63, 3.8) is 0 Å². The monoisotopic (exact) mass is 336 g/mol. The van der Waals surface area contributed by atoms with Gasteiger partial charge < -0.3 is 4.57 Å². The van der Waals surface area contributed by atoms with E-state index in [1.54, 1.807) is 4.68 Å². The molecule has 0 bridgehead atoms. The first-order valence-electron chi connectivity index (χ1n) is 8.13. The zero-order valence-electron chi connectivity index (χ0n) is 14.2. The van der Waals surface area contributed by atoms with Crippen LogP contribution in [0.15, 0.2) is 12.4 Å². The van der Waals surface area contributed by atoms with E-state index in [4.69, 9.17) is 11.6 Å². The van der Waals surface area contributed by atoms with Gasteiger partial charge in [0.25, 0.3) is 0 Å². The van der Waals surface area contributed by atoms with Crippen molar-refractivity contribution >= 4 is 11.6 Å². The SMILES string of the molecule is Cc1nn(C)c(Cl)c1CN1CCCN(Cc2nccn2C)CC1. The Labute approximate surface area is 142 Å². The van der Waals surface area contributed by atoms with Crippen LogP contribution >= 0.6 is 11.6 Å². The Morgan fingerprint density at radius 2 is 1.78 bits per heavy atom. The number of nitrogens with zero attached hydrogens (tertiary/aromatic N) is 6. The third kappa shape index (κ3) is 3.76. The van der Waals surface area contributed by atoms with Gasteiger partial charge in [0.15, 0.2) is 0 Å². The van der Waals surface area contributed by atoms with Gasteiger partial charge in [-0.25, -0.2) is 4.98 Å². The van der Waals surface area contributed by atoms with Crippen LogP contribution in [-0.2, 0) is 27.2 Å². The summed E-state index contributed by atoms with van der Waals surface area (Å²) in [4.78, 5) is 9.40. The quantitative estimate of drug-likeness (QED) is 0.854. The van der Waals surface area contributed by atoms with Gasteiger partial charge in [-0.15, -0.1) is 0 Å². The van der Waals surface area contributed by atoms with Crippen LogP contribution in [-0.4, -0.2) is 55.3 Å². The minimum Gasteiger partial charge on any atom is -0.337 e. The summed E-state index contributed by atoms with van der Waals surface area (Å²) >= 11 is 6.37. The maximum absolute atomic E-state index is 6.37. The van der Waals surface area contributed by atoms with Gasteiger partial charge in [0, 0.05) is 51.7 Å². The highest BCUT2D eigenvalue weighted by molar-refractivity contribution is 6.30. The van der Waals surface area contributed by atoms with Crippen molar-refractivity contribution in [3.8, 4) is 0 Å². The fourth-order valence-corrected chi connectivity index (χ4v) is 3.40. The molecule has 3 heterocycles. The van der Waals surface area contributed by atoms with Crippen molar-refractivity contribution in [1.29, 1.82) is 0 Å². The first kappa shape index (κ1) is 16.5. The highest BCUT2D eigenvalue weighted by Gasteiger charge is 2.19. The Kier molecular flexibility index (Phi) is 5.04. The average Bonchev–Trinajstić information content (AvgIpc) is 2.91. The maximum Gasteiger partial charge on any atom is 0.131 e. The van der Waals surface area contributed by atoms with E-state index in [-0.39, 0.29) is 0 Å². The maximum atomic E-state index is 6.37. The van der Waals surface area contributed by atoms with Crippen LogP contribution in [0, 0.1) is 6.92 Å². The highest BCUT2D eigenvalue weighted by Crippen LogP contribution is 2.21. The first-order valence-corrected chi connectivity index (χ1v) is 8.51. The number of aromatic nitrogens is 4. The van der Waals surface area contributed by atoms with Crippen molar-refractivity contribution in [3.05, 3.63) is 34.6 Å². The fourth-order valence-electron chi connectivity index (χ4n) is 3.17. The standard InChI is InChI=1S/C16H25ClN6/c1-13-14(16(17)21(3)19-13)11-22-6-4-7-23(10-9-22)12-15-18-5-8-20(15)2/h5,8H,4,6-7,9-12H2,1-3H3. The summed E-state index contributed by atoms with van der Waals surface area (Å²) in [6, 6.07) is 0. The van der Waals surface area contributed by atoms with Gasteiger partial charge in [-0.05, 0) is 26.4 Å². The molecule has 1 saturated heterocycles. The molecule has 3 rings (SSSR count). The summed E-state index contributed by atoms with van der Waals surface area (Å²) < 4.78 is 3.86. The number of aryl methyl sites for hydroxylation is 3. The first-order chi connectivity index (χ1) is 11.0. The third-order valence-corrected chi connectivity index (χ3v) is 5.09. The summed E-state index contributed by atoms with van der Waals surface area (Å²) in [6.07, 6.45) is 5.04. The smallest absolute Gasteiger partial charge is 0.131 e. The Hall–Kier alpha value is -1.37. The van der Waals surface area contributed by atoms with E-state index in [0.29, 0.717) is 0 Å². The number of imidazole rings is 1. The van der Waals surface area contributed by atoms with Gasteiger partial charge >= 0.3 is 0 Å². The largest absolute Gasteiger partial charge is 0.337 e. The van der Waals surface area contributed by atoms with Crippen LogP contribution in [0.4, 0.5) is 0 Å². The van der Waals surface area contributed by atoms with Gasteiger partial charge in [0.05, 0.1) is 12.2 Å². The van der Waals surface area contributed by atoms with Crippen molar-refractivity contribution < 1.29 is 0 Å². The van der Waals surface area contributed by atoms with E-state index in [1.165, 1.54) is 6.42 Å². The van der Waals surface area contributed by atoms with Gasteiger partial charge in [0.1, 0.15) is 11.0 Å². The Bertz CT molecular complexity index is 662. The van der Waals surface area contributed by atoms with E-state index in [2.05, 4.69) is 31.5 Å². The molecule has 2 aromatic rings. The second-order valence-corrected chi connectivity index (χ2v) is 6.70. The second kappa shape index (κ2) is 7.03. The molecule has 23 heavy (non-hydrogen) atoms. The number of halogens is 1. The van der Waals surface area contributed by atoms with Crippen molar-refractivity contribution in [1.82, 2.24) is 29.1 Å². The minimum absolute atomic E-state index is 0.761. The summed E-state index contributed by atoms with van der Waals surface area (Å²) in [5.74, 6) is 1.13. The molecule has 0 amide bonds. The van der Waals surface area contributed by atoms with Gasteiger partial charge in [-0.2, -0.15) is 5.10 Å². The van der Waals surface area contributed by atoms with Crippen LogP contribution in [0.3, 0.4) is 0 Å². The lowest BCUT2D eigenvalue weighted by molar-refractivity contribution is 0.242. The molecule has 0 aliphatic carbocycles. The highest BCUT2D eigenvalue weighted by atomic mass is 35.5. The predicted octanol–water partition coefficient (Wildman–Crippen LogP) is 1.82. The molecule has 0 spiro atoms. The van der Waals surface area contributed by atoms with Crippen LogP contribution in [0.25, 0.3) is 0 Å². The average molecular weight is 337 g/mol. The topological polar surface area (TPSA) is 42.1 Å². The zero-order valence-corrected chi connectivity index (χ0v) is 14.9. The van der Waals surface area contributed by atoms with Crippen LogP contribution in [0.2, 0.25) is 5.15 Å². The molecule has 0 unspecified atom stereocenters. The fraction of sp³-hybridized carbons (Fsp3) is 0.625. The molecule has 0 aromatic carbocycles. The van der Waals surface area contributed by atoms with Crippen LogP contribution in [0.1, 0.15) is 23.5 Å². The lowest BCUT2D eigenvalue weighted by atomic mass is 10.2. The molecule has 0 saturated carbocycles. The van der Waals surface area contributed by atoms with Crippen molar-refractivity contribution in [2.24, 2.45) is 14.1 Å². The Morgan fingerprint density at radius 1 is 1.09 bits per heavy atom. The van der Waals surface area contributed by atoms with Gasteiger partial charge in [-0.3, -0.25) is 14.5 Å². The molecule has 6 nitrogen and oxygen atoms in total. The Balaban J connectivity index is 1.59. The van der Waals surface area contributed by atoms with E-state index < -0.39 is 0 Å². The molecule has 126 valence electrons. The van der Waals surface area contributed by atoms with E-state index >= 15 is 0 Å². The zero-order chi connectivity index (χ0) is 16.4. The molecule has 0 atom stereocenters. The Morgan fingerprint density at radius 3 is 2.35 bits per heavy atom. The molecular weight excluding hydrogens is 312 g/mol. The molecule has 7 heteroatoms. The van der Waals surface area contributed by atoms with Crippen molar-refractivity contribution in [2.75, 3.05) is 26.2 Å². The van der Waals surface area contributed by atoms with Crippen LogP contribution < -0.4 is 0 Å². The molecule has 0 radical (unpaired) electrons. The predicted molar refractivity (Wildman–Crippen MR) is 91.3 cm³/mol. The summed E-state index contributed by atoms with van der Waals surface area (Å²) in [5.41, 5.74) is 2.19. The minimum atomic E-state index is 0.761. The van der Waals surface area contributed by atoms with Gasteiger partial charge in [0.2, 0.25) is 0 Å². The lowest BCUT2D eigenvalue weighted by Crippen LogP contribution is -2.31. The molecule has 0 N–H and O–H groups in total. The molecule has 1 aliphatic rings. The number of hydrogen-bond donors (Lipinski definition) is 0. The van der Waals surface area contributed by atoms with E-state index in [9.17, 15) is 0 Å². The molecule has 2 aromatic heterocycles. The normalized spacial score (nSPS) is 17.6. The summed E-state index contributed by atoms with van der Waals surface area (Å²) in [6.45, 7) is 8.16. The third-order valence-electron chi connectivity index (χ3n) is 4.62. The lowest BCUT2D eigenvalue weighted by Gasteiger charge is -2.21. The second-order valence-electron chi connectivity index (χ2n) is 6.34. The molecule has 1 fully saturated rings. The number of rotatable bonds is 4. The van der Waals surface area contributed by atoms with Gasteiger partial charge in [-0.1, -0.05) is 11.6 Å². The van der Waals surface area contributed by atoms with E-state index in [1.807, 2.05) is 26.4 Å².